The van der Waals surface area contributed by atoms with Crippen molar-refractivity contribution in [1.29, 1.82) is 0 Å². The van der Waals surface area contributed by atoms with Crippen LogP contribution in [0.1, 0.15) is 30.9 Å². The summed E-state index contributed by atoms with van der Waals surface area (Å²) in [6.07, 6.45) is 4.58. The minimum absolute atomic E-state index is 0.216. The highest BCUT2D eigenvalue weighted by atomic mass is 35.5. The van der Waals surface area contributed by atoms with Gasteiger partial charge in [-0.2, -0.15) is 0 Å². The molecule has 1 aliphatic carbocycles. The zero-order valence-corrected chi connectivity index (χ0v) is 8.33. The van der Waals surface area contributed by atoms with Crippen LogP contribution in [0, 0.1) is 0 Å². The zero-order valence-electron chi connectivity index (χ0n) is 7.57. The van der Waals surface area contributed by atoms with Crippen molar-refractivity contribution in [2.24, 2.45) is 7.05 Å². The molecule has 72 valence electrons. The minimum Gasteiger partial charge on any atom is -0.392 e. The van der Waals surface area contributed by atoms with Crippen molar-refractivity contribution in [3.05, 3.63) is 17.2 Å². The van der Waals surface area contributed by atoms with Crippen LogP contribution in [0.3, 0.4) is 0 Å². The van der Waals surface area contributed by atoms with Crippen LogP contribution in [0.2, 0.25) is 5.28 Å². The highest BCUT2D eigenvalue weighted by Gasteiger charge is 2.29. The third kappa shape index (κ3) is 1.46. The molecule has 0 amide bonds. The first-order chi connectivity index (χ1) is 6.20. The number of aliphatic hydroxyl groups is 1. The van der Waals surface area contributed by atoms with Gasteiger partial charge >= 0.3 is 0 Å². The van der Waals surface area contributed by atoms with Crippen LogP contribution >= 0.6 is 11.6 Å². The number of nitrogens with zero attached hydrogens (tertiary/aromatic N) is 2. The summed E-state index contributed by atoms with van der Waals surface area (Å²) in [5.41, 5.74) is 1.05. The van der Waals surface area contributed by atoms with Gasteiger partial charge in [0, 0.05) is 18.7 Å². The number of aliphatic hydroxyl groups excluding tert-OH is 1. The van der Waals surface area contributed by atoms with E-state index < -0.39 is 0 Å². The van der Waals surface area contributed by atoms with Gasteiger partial charge in [-0.3, -0.25) is 0 Å². The second-order valence-electron chi connectivity index (χ2n) is 3.62. The van der Waals surface area contributed by atoms with Crippen LogP contribution in [0.15, 0.2) is 6.20 Å². The lowest BCUT2D eigenvalue weighted by molar-refractivity contribution is 0.161. The van der Waals surface area contributed by atoms with E-state index in [4.69, 9.17) is 11.6 Å². The Morgan fingerprint density at radius 2 is 2.38 bits per heavy atom. The minimum atomic E-state index is -0.216. The Morgan fingerprint density at radius 1 is 1.62 bits per heavy atom. The Labute approximate surface area is 82.4 Å². The van der Waals surface area contributed by atoms with E-state index >= 15 is 0 Å². The highest BCUT2D eigenvalue weighted by Crippen LogP contribution is 2.34. The normalized spacial score (nSPS) is 28.2. The molecule has 0 bridgehead atoms. The van der Waals surface area contributed by atoms with Crippen LogP contribution in [-0.4, -0.2) is 20.8 Å². The lowest BCUT2D eigenvalue weighted by atomic mass is 10.0. The predicted molar refractivity (Wildman–Crippen MR) is 50.8 cm³/mol. The van der Waals surface area contributed by atoms with Crippen molar-refractivity contribution in [3.8, 4) is 0 Å². The van der Waals surface area contributed by atoms with Crippen LogP contribution in [-0.2, 0) is 7.05 Å². The van der Waals surface area contributed by atoms with Crippen molar-refractivity contribution >= 4 is 11.6 Å². The number of hydrogen-bond acceptors (Lipinski definition) is 2. The molecule has 0 saturated heterocycles. The summed E-state index contributed by atoms with van der Waals surface area (Å²) in [5.74, 6) is 0.227. The molecule has 1 N–H and O–H groups in total. The molecule has 1 aromatic heterocycles. The van der Waals surface area contributed by atoms with E-state index in [0.29, 0.717) is 5.28 Å². The van der Waals surface area contributed by atoms with E-state index in [2.05, 4.69) is 4.98 Å². The van der Waals surface area contributed by atoms with E-state index in [1.165, 1.54) is 0 Å². The van der Waals surface area contributed by atoms with Gasteiger partial charge < -0.3 is 9.67 Å². The van der Waals surface area contributed by atoms with E-state index in [0.717, 1.165) is 25.0 Å². The zero-order chi connectivity index (χ0) is 9.42. The van der Waals surface area contributed by atoms with Crippen molar-refractivity contribution in [1.82, 2.24) is 9.55 Å². The fraction of sp³-hybridized carbons (Fsp3) is 0.667. The number of hydrogen-bond donors (Lipinski definition) is 1. The van der Waals surface area contributed by atoms with E-state index in [1.54, 1.807) is 6.20 Å². The summed E-state index contributed by atoms with van der Waals surface area (Å²) in [6, 6.07) is 0. The summed E-state index contributed by atoms with van der Waals surface area (Å²) >= 11 is 5.83. The molecule has 0 radical (unpaired) electrons. The molecule has 2 rings (SSSR count). The summed E-state index contributed by atoms with van der Waals surface area (Å²) in [5, 5.41) is 10.2. The van der Waals surface area contributed by atoms with Crippen molar-refractivity contribution in [3.63, 3.8) is 0 Å². The van der Waals surface area contributed by atoms with Gasteiger partial charge in [0.15, 0.2) is 0 Å². The molecule has 1 aliphatic rings. The third-order valence-electron chi connectivity index (χ3n) is 2.83. The average Bonchev–Trinajstić information content (AvgIpc) is 2.62. The maximum Gasteiger partial charge on any atom is 0.202 e. The first-order valence-electron chi connectivity index (χ1n) is 4.55. The van der Waals surface area contributed by atoms with Gasteiger partial charge in [0.25, 0.3) is 0 Å². The highest BCUT2D eigenvalue weighted by molar-refractivity contribution is 6.28. The molecule has 0 aliphatic heterocycles. The maximum absolute atomic E-state index is 9.69. The van der Waals surface area contributed by atoms with Gasteiger partial charge in [-0.25, -0.2) is 4.98 Å². The van der Waals surface area contributed by atoms with E-state index in [1.807, 2.05) is 11.6 Å². The first-order valence-corrected chi connectivity index (χ1v) is 4.93. The molecule has 1 fully saturated rings. The Balaban J connectivity index is 2.29. The van der Waals surface area contributed by atoms with Crippen molar-refractivity contribution in [2.45, 2.75) is 31.3 Å². The lowest BCUT2D eigenvalue weighted by Crippen LogP contribution is -2.14. The summed E-state index contributed by atoms with van der Waals surface area (Å²) in [6.45, 7) is 0. The monoisotopic (exact) mass is 200 g/mol. The molecule has 2 unspecified atom stereocenters. The molecular weight excluding hydrogens is 188 g/mol. The van der Waals surface area contributed by atoms with Crippen LogP contribution < -0.4 is 0 Å². The second kappa shape index (κ2) is 3.31. The molecule has 13 heavy (non-hydrogen) atoms. The Hall–Kier alpha value is -0.540. The Bertz CT molecular complexity index is 311. The smallest absolute Gasteiger partial charge is 0.202 e. The fourth-order valence-electron chi connectivity index (χ4n) is 2.03. The largest absolute Gasteiger partial charge is 0.392 e. The first kappa shape index (κ1) is 9.03. The summed E-state index contributed by atoms with van der Waals surface area (Å²) in [4.78, 5) is 4.01. The van der Waals surface area contributed by atoms with E-state index in [-0.39, 0.29) is 12.0 Å². The predicted octanol–water partition coefficient (Wildman–Crippen LogP) is 1.70. The molecule has 1 heterocycles. The Kier molecular flexibility index (Phi) is 2.30. The second-order valence-corrected chi connectivity index (χ2v) is 3.95. The molecule has 0 spiro atoms. The molecular formula is C9H13ClN2O. The quantitative estimate of drug-likeness (QED) is 0.750. The maximum atomic E-state index is 9.69. The SMILES string of the molecule is Cn1c(C2CCCC2O)cnc1Cl. The third-order valence-corrected chi connectivity index (χ3v) is 3.18. The number of imidazole rings is 1. The summed E-state index contributed by atoms with van der Waals surface area (Å²) in [7, 11) is 1.88. The Morgan fingerprint density at radius 3 is 2.85 bits per heavy atom. The molecule has 1 saturated carbocycles. The number of aromatic nitrogens is 2. The van der Waals surface area contributed by atoms with Crippen molar-refractivity contribution in [2.75, 3.05) is 0 Å². The van der Waals surface area contributed by atoms with Crippen LogP contribution in [0.5, 0.6) is 0 Å². The van der Waals surface area contributed by atoms with Gasteiger partial charge in [0.1, 0.15) is 0 Å². The average molecular weight is 201 g/mol. The van der Waals surface area contributed by atoms with Gasteiger partial charge in [-0.1, -0.05) is 6.42 Å². The van der Waals surface area contributed by atoms with Crippen LogP contribution in [0.25, 0.3) is 0 Å². The van der Waals surface area contributed by atoms with Crippen LogP contribution in [0.4, 0.5) is 0 Å². The fourth-order valence-corrected chi connectivity index (χ4v) is 2.18. The van der Waals surface area contributed by atoms with E-state index in [9.17, 15) is 5.11 Å². The molecule has 4 heteroatoms. The molecule has 3 nitrogen and oxygen atoms in total. The topological polar surface area (TPSA) is 38.0 Å². The lowest BCUT2D eigenvalue weighted by Gasteiger charge is -2.14. The number of rotatable bonds is 1. The molecule has 0 aromatic carbocycles. The standard InChI is InChI=1S/C9H13ClN2O/c1-12-7(5-11-9(12)10)6-3-2-4-8(6)13/h5-6,8,13H,2-4H2,1H3. The van der Waals surface area contributed by atoms with Gasteiger partial charge in [0.05, 0.1) is 12.3 Å². The molecule has 2 atom stereocenters. The van der Waals surface area contributed by atoms with Gasteiger partial charge in [0.2, 0.25) is 5.28 Å². The van der Waals surface area contributed by atoms with Gasteiger partial charge in [-0.15, -0.1) is 0 Å². The molecule has 1 aromatic rings. The number of halogens is 1. The van der Waals surface area contributed by atoms with Gasteiger partial charge in [-0.05, 0) is 24.4 Å². The summed E-state index contributed by atoms with van der Waals surface area (Å²) < 4.78 is 1.85. The van der Waals surface area contributed by atoms with Crippen molar-refractivity contribution < 1.29 is 5.11 Å².